The monoisotopic (exact) mass is 242 g/mol. The lowest BCUT2D eigenvalue weighted by atomic mass is 10.0. The van der Waals surface area contributed by atoms with E-state index >= 15 is 0 Å². The van der Waals surface area contributed by atoms with Gasteiger partial charge in [-0.2, -0.15) is 0 Å². The molecule has 1 aliphatic heterocycles. The number of benzene rings is 2. The summed E-state index contributed by atoms with van der Waals surface area (Å²) in [5.41, 5.74) is -0.348. The first-order valence-corrected chi connectivity index (χ1v) is 5.87. The van der Waals surface area contributed by atoms with Crippen molar-refractivity contribution in [1.82, 2.24) is 0 Å². The number of hydrogen-bond acceptors (Lipinski definition) is 4. The van der Waals surface area contributed by atoms with Crippen LogP contribution in [0.2, 0.25) is 0 Å². The van der Waals surface area contributed by atoms with Crippen LogP contribution < -0.4 is 10.7 Å². The third-order valence-corrected chi connectivity index (χ3v) is 3.15. The van der Waals surface area contributed by atoms with Crippen LogP contribution in [0.5, 0.6) is 11.5 Å². The minimum Gasteiger partial charge on any atom is -0.505 e. The SMILES string of the molecule is CC1(C)CN=c2c(O)c3ccccc3c(O)c2=N1. The Balaban J connectivity index is 2.58. The van der Waals surface area contributed by atoms with Crippen molar-refractivity contribution in [3.05, 3.63) is 35.0 Å². The summed E-state index contributed by atoms with van der Waals surface area (Å²) >= 11 is 0. The van der Waals surface area contributed by atoms with E-state index in [9.17, 15) is 10.2 Å². The number of aromatic hydroxyl groups is 2. The van der Waals surface area contributed by atoms with E-state index < -0.39 is 0 Å². The molecule has 2 N–H and O–H groups in total. The van der Waals surface area contributed by atoms with Gasteiger partial charge in [-0.25, -0.2) is 0 Å². The van der Waals surface area contributed by atoms with Crippen LogP contribution in [0.4, 0.5) is 0 Å². The fourth-order valence-corrected chi connectivity index (χ4v) is 2.24. The molecule has 0 aliphatic carbocycles. The van der Waals surface area contributed by atoms with Crippen molar-refractivity contribution in [2.24, 2.45) is 9.98 Å². The molecule has 0 aromatic heterocycles. The first-order chi connectivity index (χ1) is 8.49. The predicted octanol–water partition coefficient (Wildman–Crippen LogP) is 1.28. The van der Waals surface area contributed by atoms with Crippen LogP contribution >= 0.6 is 0 Å². The maximum atomic E-state index is 10.3. The van der Waals surface area contributed by atoms with Crippen molar-refractivity contribution in [1.29, 1.82) is 0 Å². The van der Waals surface area contributed by atoms with E-state index in [0.29, 0.717) is 28.0 Å². The van der Waals surface area contributed by atoms with Gasteiger partial charge in [0.1, 0.15) is 10.7 Å². The second-order valence-electron chi connectivity index (χ2n) is 5.18. The van der Waals surface area contributed by atoms with E-state index in [1.807, 2.05) is 26.0 Å². The summed E-state index contributed by atoms with van der Waals surface area (Å²) < 4.78 is 0. The summed E-state index contributed by atoms with van der Waals surface area (Å²) in [5, 5.41) is 22.5. The molecule has 92 valence electrons. The quantitative estimate of drug-likeness (QED) is 0.683. The van der Waals surface area contributed by atoms with Gasteiger partial charge < -0.3 is 10.2 Å². The molecule has 0 saturated heterocycles. The Morgan fingerprint density at radius 1 is 1.00 bits per heavy atom. The molecule has 18 heavy (non-hydrogen) atoms. The lowest BCUT2D eigenvalue weighted by Gasteiger charge is -2.20. The number of phenols is 2. The second kappa shape index (κ2) is 3.45. The molecule has 0 bridgehead atoms. The number of fused-ring (bicyclic) bond motifs is 2. The van der Waals surface area contributed by atoms with Crippen molar-refractivity contribution in [2.75, 3.05) is 6.54 Å². The van der Waals surface area contributed by atoms with E-state index in [4.69, 9.17) is 0 Å². The molecule has 3 rings (SSSR count). The summed E-state index contributed by atoms with van der Waals surface area (Å²) in [5.74, 6) is 0.188. The van der Waals surface area contributed by atoms with Crippen molar-refractivity contribution in [3.63, 3.8) is 0 Å². The molecule has 0 atom stereocenters. The first-order valence-electron chi connectivity index (χ1n) is 5.87. The Bertz CT molecular complexity index is 763. The molecule has 4 heteroatoms. The second-order valence-corrected chi connectivity index (χ2v) is 5.18. The molecule has 0 spiro atoms. The third kappa shape index (κ3) is 1.45. The summed E-state index contributed by atoms with van der Waals surface area (Å²) in [4.78, 5) is 8.84. The van der Waals surface area contributed by atoms with Crippen LogP contribution in [0.1, 0.15) is 13.8 Å². The normalized spacial score (nSPS) is 16.8. The Hall–Kier alpha value is -2.10. The number of hydrogen-bond donors (Lipinski definition) is 2. The average molecular weight is 242 g/mol. The molecule has 4 nitrogen and oxygen atoms in total. The Morgan fingerprint density at radius 3 is 2.17 bits per heavy atom. The molecule has 0 amide bonds. The molecule has 0 fully saturated rings. The van der Waals surface area contributed by atoms with Crippen molar-refractivity contribution < 1.29 is 10.2 Å². The van der Waals surface area contributed by atoms with Gasteiger partial charge in [0.2, 0.25) is 0 Å². The van der Waals surface area contributed by atoms with Crippen LogP contribution in [0.3, 0.4) is 0 Å². The van der Waals surface area contributed by atoms with E-state index in [0.717, 1.165) is 0 Å². The number of nitrogens with zero attached hydrogens (tertiary/aromatic N) is 2. The van der Waals surface area contributed by atoms with E-state index in [1.54, 1.807) is 12.1 Å². The fourth-order valence-electron chi connectivity index (χ4n) is 2.24. The van der Waals surface area contributed by atoms with Crippen LogP contribution in [0, 0.1) is 0 Å². The molecule has 2 aromatic carbocycles. The maximum absolute atomic E-state index is 10.3. The van der Waals surface area contributed by atoms with Gasteiger partial charge in [-0.1, -0.05) is 24.3 Å². The van der Waals surface area contributed by atoms with Gasteiger partial charge in [0.25, 0.3) is 0 Å². The van der Waals surface area contributed by atoms with Crippen molar-refractivity contribution in [2.45, 2.75) is 19.4 Å². The fraction of sp³-hybridized carbons (Fsp3) is 0.286. The third-order valence-electron chi connectivity index (χ3n) is 3.15. The molecular formula is C14H14N2O2. The zero-order valence-corrected chi connectivity index (χ0v) is 10.3. The molecule has 1 heterocycles. The lowest BCUT2D eigenvalue weighted by Crippen LogP contribution is -2.39. The average Bonchev–Trinajstić information content (AvgIpc) is 2.35. The minimum absolute atomic E-state index is 0.0925. The van der Waals surface area contributed by atoms with Gasteiger partial charge in [0, 0.05) is 10.8 Å². The van der Waals surface area contributed by atoms with Crippen LogP contribution in [0.15, 0.2) is 34.3 Å². The highest BCUT2D eigenvalue weighted by Gasteiger charge is 2.22. The molecule has 0 saturated carbocycles. The van der Waals surface area contributed by atoms with Gasteiger partial charge in [0.05, 0.1) is 12.1 Å². The first kappa shape index (κ1) is 11.0. The van der Waals surface area contributed by atoms with Gasteiger partial charge in [-0.05, 0) is 13.8 Å². The van der Waals surface area contributed by atoms with Gasteiger partial charge in [0.15, 0.2) is 11.5 Å². The predicted molar refractivity (Wildman–Crippen MR) is 68.5 cm³/mol. The summed E-state index contributed by atoms with van der Waals surface area (Å²) in [6.07, 6.45) is 0. The highest BCUT2D eigenvalue weighted by atomic mass is 16.3. The van der Waals surface area contributed by atoms with E-state index in [-0.39, 0.29) is 17.0 Å². The van der Waals surface area contributed by atoms with Crippen LogP contribution in [0.25, 0.3) is 10.8 Å². The standard InChI is InChI=1S/C14H14N2O2/c1-14(2)7-15-10-11(16-14)13(18)9-6-4-3-5-8(9)12(10)17/h3-6,17-18H,7H2,1-2H3. The highest BCUT2D eigenvalue weighted by molar-refractivity contribution is 5.92. The lowest BCUT2D eigenvalue weighted by molar-refractivity contribution is 0.433. The summed E-state index contributed by atoms with van der Waals surface area (Å²) in [6.45, 7) is 4.40. The summed E-state index contributed by atoms with van der Waals surface area (Å²) in [7, 11) is 0. The number of rotatable bonds is 0. The summed E-state index contributed by atoms with van der Waals surface area (Å²) in [6, 6.07) is 7.17. The molecule has 0 unspecified atom stereocenters. The molecule has 1 aliphatic rings. The van der Waals surface area contributed by atoms with Crippen LogP contribution in [-0.2, 0) is 0 Å². The number of phenolic OH excluding ortho intramolecular Hbond substituents is 2. The van der Waals surface area contributed by atoms with E-state index in [1.165, 1.54) is 0 Å². The Labute approximate surface area is 104 Å². The molecule has 2 aromatic rings. The van der Waals surface area contributed by atoms with Crippen molar-refractivity contribution in [3.8, 4) is 11.5 Å². The highest BCUT2D eigenvalue weighted by Crippen LogP contribution is 2.26. The minimum atomic E-state index is -0.348. The van der Waals surface area contributed by atoms with Gasteiger partial charge in [-0.15, -0.1) is 0 Å². The Morgan fingerprint density at radius 2 is 1.56 bits per heavy atom. The zero-order chi connectivity index (χ0) is 12.9. The van der Waals surface area contributed by atoms with Crippen LogP contribution in [-0.4, -0.2) is 22.3 Å². The van der Waals surface area contributed by atoms with Crippen molar-refractivity contribution >= 4 is 10.8 Å². The maximum Gasteiger partial charge on any atom is 0.151 e. The molecule has 0 radical (unpaired) electrons. The Kier molecular flexibility index (Phi) is 2.11. The largest absolute Gasteiger partial charge is 0.505 e. The molecular weight excluding hydrogens is 228 g/mol. The topological polar surface area (TPSA) is 65.2 Å². The smallest absolute Gasteiger partial charge is 0.151 e. The van der Waals surface area contributed by atoms with Gasteiger partial charge in [-0.3, -0.25) is 9.98 Å². The van der Waals surface area contributed by atoms with Gasteiger partial charge >= 0.3 is 0 Å². The zero-order valence-electron chi connectivity index (χ0n) is 10.3. The van der Waals surface area contributed by atoms with E-state index in [2.05, 4.69) is 9.98 Å².